The number of nitro benzene ring substituents is 1. The number of nitrogens with zero attached hydrogens (tertiary/aromatic N) is 1. The van der Waals surface area contributed by atoms with E-state index in [1.54, 1.807) is 19.1 Å². The van der Waals surface area contributed by atoms with Crippen molar-refractivity contribution in [3.8, 4) is 0 Å². The lowest BCUT2D eigenvalue weighted by Crippen LogP contribution is -2.34. The van der Waals surface area contributed by atoms with E-state index in [1.165, 1.54) is 6.07 Å². The summed E-state index contributed by atoms with van der Waals surface area (Å²) in [6, 6.07) is 24.0. The number of hydrogen-bond acceptors (Lipinski definition) is 4. The fourth-order valence-corrected chi connectivity index (χ4v) is 3.05. The van der Waals surface area contributed by atoms with Gasteiger partial charge in [0.2, 0.25) is 5.91 Å². The number of rotatable bonds is 7. The maximum atomic E-state index is 12.6. The molecule has 0 radical (unpaired) electrons. The lowest BCUT2D eigenvalue weighted by molar-refractivity contribution is -0.385. The fraction of sp³-hybridized carbons (Fsp3) is 0.136. The zero-order chi connectivity index (χ0) is 19.9. The molecule has 0 aliphatic rings. The van der Waals surface area contributed by atoms with Crippen molar-refractivity contribution < 1.29 is 9.72 Å². The molecule has 0 saturated carbocycles. The van der Waals surface area contributed by atoms with Crippen LogP contribution in [0.5, 0.6) is 0 Å². The van der Waals surface area contributed by atoms with Gasteiger partial charge in [-0.2, -0.15) is 0 Å². The Labute approximate surface area is 163 Å². The topological polar surface area (TPSA) is 84.3 Å². The quantitative estimate of drug-likeness (QED) is 0.478. The smallest absolute Gasteiger partial charge is 0.274 e. The van der Waals surface area contributed by atoms with Gasteiger partial charge in [-0.3, -0.25) is 14.9 Å². The normalized spacial score (nSPS) is 10.5. The average molecular weight is 375 g/mol. The maximum absolute atomic E-state index is 12.6. The molecular formula is C22H21N3O3. The van der Waals surface area contributed by atoms with Crippen LogP contribution in [-0.2, 0) is 4.79 Å². The second-order valence-corrected chi connectivity index (χ2v) is 6.38. The second kappa shape index (κ2) is 8.81. The highest BCUT2D eigenvalue weighted by molar-refractivity contribution is 5.82. The van der Waals surface area contributed by atoms with Gasteiger partial charge < -0.3 is 10.6 Å². The monoisotopic (exact) mass is 375 g/mol. The Hall–Kier alpha value is -3.67. The standard InChI is InChI=1S/C22H21N3O3/c1-16-19(13-8-14-20(16)25(27)28)23-15-21(26)24-22(17-9-4-2-5-10-17)18-11-6-3-7-12-18/h2-14,22-23H,15H2,1H3,(H,24,26). The Bertz CT molecular complexity index is 920. The van der Waals surface area contributed by atoms with E-state index in [-0.39, 0.29) is 24.2 Å². The van der Waals surface area contributed by atoms with Gasteiger partial charge in [-0.25, -0.2) is 0 Å². The van der Waals surface area contributed by atoms with Crippen LogP contribution in [-0.4, -0.2) is 17.4 Å². The van der Waals surface area contributed by atoms with Crippen molar-refractivity contribution in [1.29, 1.82) is 0 Å². The number of nitrogens with one attached hydrogen (secondary N) is 2. The fourth-order valence-electron chi connectivity index (χ4n) is 3.05. The molecule has 142 valence electrons. The van der Waals surface area contributed by atoms with E-state index in [0.717, 1.165) is 11.1 Å². The van der Waals surface area contributed by atoms with Crippen LogP contribution in [0.15, 0.2) is 78.9 Å². The van der Waals surface area contributed by atoms with Gasteiger partial charge in [0.1, 0.15) is 0 Å². The second-order valence-electron chi connectivity index (χ2n) is 6.38. The molecule has 0 atom stereocenters. The molecule has 0 heterocycles. The molecule has 0 unspecified atom stereocenters. The number of benzene rings is 3. The number of carbonyl (C=O) groups is 1. The molecule has 0 bridgehead atoms. The zero-order valence-corrected chi connectivity index (χ0v) is 15.5. The highest BCUT2D eigenvalue weighted by atomic mass is 16.6. The molecule has 2 N–H and O–H groups in total. The van der Waals surface area contributed by atoms with Crippen LogP contribution in [0.25, 0.3) is 0 Å². The predicted octanol–water partition coefficient (Wildman–Crippen LogP) is 4.22. The van der Waals surface area contributed by atoms with Gasteiger partial charge in [-0.15, -0.1) is 0 Å². The van der Waals surface area contributed by atoms with Gasteiger partial charge in [0, 0.05) is 17.3 Å². The van der Waals surface area contributed by atoms with E-state index >= 15 is 0 Å². The minimum absolute atomic E-state index is 0.0121. The lowest BCUT2D eigenvalue weighted by atomic mass is 9.99. The van der Waals surface area contributed by atoms with Crippen molar-refractivity contribution in [2.24, 2.45) is 0 Å². The molecule has 3 aromatic carbocycles. The van der Waals surface area contributed by atoms with E-state index in [4.69, 9.17) is 0 Å². The molecular weight excluding hydrogens is 354 g/mol. The summed E-state index contributed by atoms with van der Waals surface area (Å²) in [4.78, 5) is 23.2. The van der Waals surface area contributed by atoms with Gasteiger partial charge in [-0.05, 0) is 24.1 Å². The van der Waals surface area contributed by atoms with Gasteiger partial charge in [0.05, 0.1) is 17.5 Å². The number of nitro groups is 1. The van der Waals surface area contributed by atoms with Gasteiger partial charge >= 0.3 is 0 Å². The molecule has 28 heavy (non-hydrogen) atoms. The summed E-state index contributed by atoms with van der Waals surface area (Å²) in [6.45, 7) is 1.67. The maximum Gasteiger partial charge on any atom is 0.274 e. The molecule has 0 saturated heterocycles. The number of hydrogen-bond donors (Lipinski definition) is 2. The van der Waals surface area contributed by atoms with Crippen LogP contribution in [0.2, 0.25) is 0 Å². The Morgan fingerprint density at radius 1 is 0.929 bits per heavy atom. The minimum Gasteiger partial charge on any atom is -0.376 e. The Kier molecular flexibility index (Phi) is 6.01. The first-order valence-electron chi connectivity index (χ1n) is 8.93. The highest BCUT2D eigenvalue weighted by Gasteiger charge is 2.17. The van der Waals surface area contributed by atoms with Gasteiger partial charge in [0.25, 0.3) is 5.69 Å². The van der Waals surface area contributed by atoms with Crippen LogP contribution in [0.1, 0.15) is 22.7 Å². The molecule has 0 aliphatic carbocycles. The predicted molar refractivity (Wildman–Crippen MR) is 109 cm³/mol. The number of carbonyl (C=O) groups excluding carboxylic acids is 1. The molecule has 3 aromatic rings. The third kappa shape index (κ3) is 4.54. The van der Waals surface area contributed by atoms with Crippen molar-refractivity contribution in [3.05, 3.63) is 106 Å². The lowest BCUT2D eigenvalue weighted by Gasteiger charge is -2.20. The third-order valence-electron chi connectivity index (χ3n) is 4.51. The van der Waals surface area contributed by atoms with Crippen molar-refractivity contribution in [2.45, 2.75) is 13.0 Å². The molecule has 1 amide bonds. The van der Waals surface area contributed by atoms with Crippen molar-refractivity contribution in [3.63, 3.8) is 0 Å². The first kappa shape index (κ1) is 19.1. The van der Waals surface area contributed by atoms with Gasteiger partial charge in [-0.1, -0.05) is 66.7 Å². The summed E-state index contributed by atoms with van der Waals surface area (Å²) < 4.78 is 0. The highest BCUT2D eigenvalue weighted by Crippen LogP contribution is 2.25. The van der Waals surface area contributed by atoms with Crippen LogP contribution in [0.4, 0.5) is 11.4 Å². The van der Waals surface area contributed by atoms with E-state index in [0.29, 0.717) is 11.3 Å². The number of amides is 1. The first-order chi connectivity index (χ1) is 13.6. The SMILES string of the molecule is Cc1c(NCC(=O)NC(c2ccccc2)c2ccccc2)cccc1[N+](=O)[O-]. The van der Waals surface area contributed by atoms with Crippen molar-refractivity contribution in [2.75, 3.05) is 11.9 Å². The van der Waals surface area contributed by atoms with Crippen molar-refractivity contribution in [1.82, 2.24) is 5.32 Å². The summed E-state index contributed by atoms with van der Waals surface area (Å²) in [5, 5.41) is 17.1. The van der Waals surface area contributed by atoms with Gasteiger partial charge in [0.15, 0.2) is 0 Å². The van der Waals surface area contributed by atoms with Crippen LogP contribution in [0.3, 0.4) is 0 Å². The first-order valence-corrected chi connectivity index (χ1v) is 8.93. The average Bonchev–Trinajstić information content (AvgIpc) is 2.72. The largest absolute Gasteiger partial charge is 0.376 e. The third-order valence-corrected chi connectivity index (χ3v) is 4.51. The summed E-state index contributed by atoms with van der Waals surface area (Å²) >= 11 is 0. The van der Waals surface area contributed by atoms with E-state index in [9.17, 15) is 14.9 Å². The molecule has 3 rings (SSSR count). The van der Waals surface area contributed by atoms with Crippen LogP contribution < -0.4 is 10.6 Å². The Morgan fingerprint density at radius 2 is 1.50 bits per heavy atom. The molecule has 6 heteroatoms. The summed E-state index contributed by atoms with van der Waals surface area (Å²) in [6.07, 6.45) is 0. The molecule has 0 aromatic heterocycles. The molecule has 0 aliphatic heterocycles. The Balaban J connectivity index is 1.73. The Morgan fingerprint density at radius 3 is 2.04 bits per heavy atom. The molecule has 0 fully saturated rings. The zero-order valence-electron chi connectivity index (χ0n) is 15.5. The van der Waals surface area contributed by atoms with Crippen LogP contribution >= 0.6 is 0 Å². The molecule has 0 spiro atoms. The van der Waals surface area contributed by atoms with Crippen LogP contribution in [0, 0.1) is 17.0 Å². The van der Waals surface area contributed by atoms with E-state index in [1.807, 2.05) is 60.7 Å². The summed E-state index contributed by atoms with van der Waals surface area (Å²) in [7, 11) is 0. The van der Waals surface area contributed by atoms with E-state index < -0.39 is 4.92 Å². The minimum atomic E-state index is -0.429. The van der Waals surface area contributed by atoms with Crippen molar-refractivity contribution >= 4 is 17.3 Å². The summed E-state index contributed by atoms with van der Waals surface area (Å²) in [5.41, 5.74) is 3.06. The van der Waals surface area contributed by atoms with E-state index in [2.05, 4.69) is 10.6 Å². The summed E-state index contributed by atoms with van der Waals surface area (Å²) in [5.74, 6) is -0.205. The number of anilines is 1. The molecule has 6 nitrogen and oxygen atoms in total.